The van der Waals surface area contributed by atoms with Gasteiger partial charge < -0.3 is 4.57 Å². The molecule has 0 aliphatic heterocycles. The van der Waals surface area contributed by atoms with Crippen molar-refractivity contribution in [2.24, 2.45) is 0 Å². The first-order chi connectivity index (χ1) is 9.13. The molecule has 3 nitrogen and oxygen atoms in total. The van der Waals surface area contributed by atoms with Crippen LogP contribution in [-0.2, 0) is 12.3 Å². The standard InChI is InChI=1S/C13H15Cl2N3S/c1-3-7-18-9(2)16-17-13(18)19-8-10-11(14)5-4-6-12(10)15/h4-6H,3,7-8H2,1-2H3. The number of nitrogens with zero attached hydrogens (tertiary/aromatic N) is 3. The molecular formula is C13H15Cl2N3S. The van der Waals surface area contributed by atoms with Crippen molar-refractivity contribution in [2.45, 2.75) is 37.7 Å². The van der Waals surface area contributed by atoms with E-state index in [0.29, 0.717) is 15.8 Å². The lowest BCUT2D eigenvalue weighted by atomic mass is 10.2. The number of aromatic nitrogens is 3. The van der Waals surface area contributed by atoms with Crippen molar-refractivity contribution in [1.29, 1.82) is 0 Å². The van der Waals surface area contributed by atoms with Crippen molar-refractivity contribution < 1.29 is 0 Å². The highest BCUT2D eigenvalue weighted by Crippen LogP contribution is 2.31. The van der Waals surface area contributed by atoms with Crippen LogP contribution in [0.2, 0.25) is 10.0 Å². The Morgan fingerprint density at radius 1 is 1.21 bits per heavy atom. The van der Waals surface area contributed by atoms with Crippen molar-refractivity contribution in [3.05, 3.63) is 39.6 Å². The third-order valence-corrected chi connectivity index (χ3v) is 4.46. The maximum Gasteiger partial charge on any atom is 0.191 e. The first-order valence-corrected chi connectivity index (χ1v) is 7.83. The lowest BCUT2D eigenvalue weighted by molar-refractivity contribution is 0.605. The van der Waals surface area contributed by atoms with Crippen LogP contribution in [-0.4, -0.2) is 14.8 Å². The van der Waals surface area contributed by atoms with Gasteiger partial charge in [0.25, 0.3) is 0 Å². The van der Waals surface area contributed by atoms with Crippen LogP contribution in [0.5, 0.6) is 0 Å². The summed E-state index contributed by atoms with van der Waals surface area (Å²) in [5.41, 5.74) is 0.944. The zero-order chi connectivity index (χ0) is 13.8. The normalized spacial score (nSPS) is 10.9. The molecule has 0 aliphatic rings. The van der Waals surface area contributed by atoms with E-state index in [9.17, 15) is 0 Å². The van der Waals surface area contributed by atoms with Gasteiger partial charge in [0.15, 0.2) is 5.16 Å². The molecule has 2 rings (SSSR count). The molecule has 0 unspecified atom stereocenters. The minimum atomic E-state index is 0.693. The molecular weight excluding hydrogens is 301 g/mol. The molecule has 19 heavy (non-hydrogen) atoms. The highest BCUT2D eigenvalue weighted by molar-refractivity contribution is 7.98. The third-order valence-electron chi connectivity index (χ3n) is 2.76. The smallest absolute Gasteiger partial charge is 0.191 e. The predicted octanol–water partition coefficient (Wildman–Crippen LogP) is 4.60. The molecule has 0 amide bonds. The SMILES string of the molecule is CCCn1c(C)nnc1SCc1c(Cl)cccc1Cl. The van der Waals surface area contributed by atoms with Crippen molar-refractivity contribution >= 4 is 35.0 Å². The van der Waals surface area contributed by atoms with E-state index in [0.717, 1.165) is 29.5 Å². The Hall–Kier alpha value is -0.710. The number of halogens is 2. The third kappa shape index (κ3) is 3.44. The Morgan fingerprint density at radius 3 is 2.53 bits per heavy atom. The van der Waals surface area contributed by atoms with Crippen LogP contribution >= 0.6 is 35.0 Å². The lowest BCUT2D eigenvalue weighted by Crippen LogP contribution is -2.01. The van der Waals surface area contributed by atoms with Gasteiger partial charge in [0.2, 0.25) is 0 Å². The molecule has 0 saturated carbocycles. The van der Waals surface area contributed by atoms with Gasteiger partial charge >= 0.3 is 0 Å². The number of hydrogen-bond acceptors (Lipinski definition) is 3. The van der Waals surface area contributed by atoms with E-state index in [2.05, 4.69) is 21.7 Å². The molecule has 0 radical (unpaired) electrons. The number of benzene rings is 1. The maximum absolute atomic E-state index is 6.16. The molecule has 1 aromatic carbocycles. The zero-order valence-corrected chi connectivity index (χ0v) is 13.2. The zero-order valence-electron chi connectivity index (χ0n) is 10.9. The molecule has 0 bridgehead atoms. The minimum absolute atomic E-state index is 0.693. The van der Waals surface area contributed by atoms with E-state index in [1.54, 1.807) is 11.8 Å². The van der Waals surface area contributed by atoms with Gasteiger partial charge in [-0.1, -0.05) is 48.0 Å². The van der Waals surface area contributed by atoms with Crippen molar-refractivity contribution in [1.82, 2.24) is 14.8 Å². The van der Waals surface area contributed by atoms with Gasteiger partial charge in [-0.05, 0) is 31.0 Å². The number of hydrogen-bond donors (Lipinski definition) is 0. The summed E-state index contributed by atoms with van der Waals surface area (Å²) in [5.74, 6) is 1.63. The maximum atomic E-state index is 6.16. The summed E-state index contributed by atoms with van der Waals surface area (Å²) in [6, 6.07) is 5.55. The first-order valence-electron chi connectivity index (χ1n) is 6.09. The largest absolute Gasteiger partial charge is 0.306 e. The second-order valence-electron chi connectivity index (χ2n) is 4.17. The topological polar surface area (TPSA) is 30.7 Å². The lowest BCUT2D eigenvalue weighted by Gasteiger charge is -2.08. The fourth-order valence-corrected chi connectivity index (χ4v) is 3.51. The molecule has 0 saturated heterocycles. The number of rotatable bonds is 5. The van der Waals surface area contributed by atoms with E-state index < -0.39 is 0 Å². The van der Waals surface area contributed by atoms with Gasteiger partial charge in [-0.25, -0.2) is 0 Å². The van der Waals surface area contributed by atoms with Crippen molar-refractivity contribution in [2.75, 3.05) is 0 Å². The molecule has 6 heteroatoms. The van der Waals surface area contributed by atoms with Crippen LogP contribution in [0, 0.1) is 6.92 Å². The molecule has 1 heterocycles. The average Bonchev–Trinajstić information content (AvgIpc) is 2.71. The molecule has 102 valence electrons. The summed E-state index contributed by atoms with van der Waals surface area (Å²) in [6.45, 7) is 5.03. The highest BCUT2D eigenvalue weighted by Gasteiger charge is 2.11. The summed E-state index contributed by atoms with van der Waals surface area (Å²) in [4.78, 5) is 0. The molecule has 0 aliphatic carbocycles. The van der Waals surface area contributed by atoms with Crippen LogP contribution in [0.25, 0.3) is 0 Å². The fraction of sp³-hybridized carbons (Fsp3) is 0.385. The van der Waals surface area contributed by atoms with E-state index in [1.807, 2.05) is 25.1 Å². The Balaban J connectivity index is 2.15. The summed E-state index contributed by atoms with van der Waals surface area (Å²) < 4.78 is 2.12. The van der Waals surface area contributed by atoms with Gasteiger partial charge in [-0.3, -0.25) is 0 Å². The van der Waals surface area contributed by atoms with Gasteiger partial charge in [0, 0.05) is 22.3 Å². The molecule has 0 fully saturated rings. The first kappa shape index (κ1) is 14.7. The summed E-state index contributed by atoms with van der Waals surface area (Å²) in [6.07, 6.45) is 1.05. The van der Waals surface area contributed by atoms with Crippen molar-refractivity contribution in [3.8, 4) is 0 Å². The number of aryl methyl sites for hydroxylation is 1. The molecule has 0 N–H and O–H groups in total. The Morgan fingerprint density at radius 2 is 1.89 bits per heavy atom. The fourth-order valence-electron chi connectivity index (χ4n) is 1.76. The molecule has 2 aromatic rings. The second kappa shape index (κ2) is 6.64. The Bertz CT molecular complexity index is 549. The molecule has 1 aromatic heterocycles. The van der Waals surface area contributed by atoms with Crippen LogP contribution in [0.15, 0.2) is 23.4 Å². The molecule has 0 spiro atoms. The predicted molar refractivity (Wildman–Crippen MR) is 81.1 cm³/mol. The minimum Gasteiger partial charge on any atom is -0.306 e. The van der Waals surface area contributed by atoms with Gasteiger partial charge in [0.05, 0.1) is 0 Å². The number of thioether (sulfide) groups is 1. The summed E-state index contributed by atoms with van der Waals surface area (Å²) in [5, 5.41) is 10.6. The van der Waals surface area contributed by atoms with E-state index in [-0.39, 0.29) is 0 Å². The van der Waals surface area contributed by atoms with Gasteiger partial charge in [0.1, 0.15) is 5.82 Å². The van der Waals surface area contributed by atoms with Gasteiger partial charge in [-0.15, -0.1) is 10.2 Å². The van der Waals surface area contributed by atoms with Gasteiger partial charge in [-0.2, -0.15) is 0 Å². The summed E-state index contributed by atoms with van der Waals surface area (Å²) in [7, 11) is 0. The van der Waals surface area contributed by atoms with Crippen LogP contribution < -0.4 is 0 Å². The van der Waals surface area contributed by atoms with E-state index >= 15 is 0 Å². The monoisotopic (exact) mass is 315 g/mol. The van der Waals surface area contributed by atoms with Crippen molar-refractivity contribution in [3.63, 3.8) is 0 Å². The highest BCUT2D eigenvalue weighted by atomic mass is 35.5. The van der Waals surface area contributed by atoms with Crippen LogP contribution in [0.3, 0.4) is 0 Å². The van der Waals surface area contributed by atoms with Crippen LogP contribution in [0.4, 0.5) is 0 Å². The Labute approximate surface area is 127 Å². The van der Waals surface area contributed by atoms with E-state index in [4.69, 9.17) is 23.2 Å². The Kier molecular flexibility index (Phi) is 5.13. The summed E-state index contributed by atoms with van der Waals surface area (Å²) >= 11 is 13.9. The average molecular weight is 316 g/mol. The molecule has 0 atom stereocenters. The van der Waals surface area contributed by atoms with E-state index in [1.165, 1.54) is 0 Å². The second-order valence-corrected chi connectivity index (χ2v) is 5.93. The quantitative estimate of drug-likeness (QED) is 0.756. The van der Waals surface area contributed by atoms with Crippen LogP contribution in [0.1, 0.15) is 24.7 Å².